The molecule has 1 aliphatic heterocycles. The highest BCUT2D eigenvalue weighted by Gasteiger charge is 2.42. The van der Waals surface area contributed by atoms with Gasteiger partial charge in [-0.05, 0) is 25.0 Å². The number of amides is 2. The predicted octanol–water partition coefficient (Wildman–Crippen LogP) is -0.0238. The fourth-order valence-electron chi connectivity index (χ4n) is 1.90. The Labute approximate surface area is 116 Å². The number of hydrazine groups is 1. The van der Waals surface area contributed by atoms with Crippen LogP contribution in [0.15, 0.2) is 23.3 Å². The van der Waals surface area contributed by atoms with Crippen LogP contribution in [0.25, 0.3) is 0 Å². The minimum absolute atomic E-state index is 0.0236. The number of pyridine rings is 1. The van der Waals surface area contributed by atoms with Gasteiger partial charge in [-0.15, -0.1) is 0 Å². The first-order valence-corrected chi connectivity index (χ1v) is 6.27. The van der Waals surface area contributed by atoms with E-state index in [0.717, 1.165) is 0 Å². The van der Waals surface area contributed by atoms with Crippen molar-refractivity contribution in [2.45, 2.75) is 26.3 Å². The van der Waals surface area contributed by atoms with Crippen molar-refractivity contribution in [2.24, 2.45) is 16.8 Å². The van der Waals surface area contributed by atoms with Gasteiger partial charge in [-0.1, -0.05) is 13.8 Å². The Morgan fingerprint density at radius 2 is 2.20 bits per heavy atom. The highest BCUT2D eigenvalue weighted by molar-refractivity contribution is 6.17. The smallest absolute Gasteiger partial charge is 0.267 e. The third-order valence-electron chi connectivity index (χ3n) is 3.57. The summed E-state index contributed by atoms with van der Waals surface area (Å²) in [6.45, 7) is 5.58. The topological polar surface area (TPSA) is 109 Å². The van der Waals surface area contributed by atoms with E-state index in [2.05, 4.69) is 20.7 Å². The Hall–Kier alpha value is -2.28. The molecule has 20 heavy (non-hydrogen) atoms. The summed E-state index contributed by atoms with van der Waals surface area (Å²) in [5.74, 6) is 4.78. The van der Waals surface area contributed by atoms with E-state index in [1.54, 1.807) is 19.1 Å². The van der Waals surface area contributed by atoms with Gasteiger partial charge in [-0.2, -0.15) is 0 Å². The number of nitrogens with two attached hydrogens (primary N) is 1. The second-order valence-corrected chi connectivity index (χ2v) is 5.09. The Balaban J connectivity index is 2.49. The lowest BCUT2D eigenvalue weighted by Crippen LogP contribution is -2.41. The van der Waals surface area contributed by atoms with Crippen molar-refractivity contribution in [2.75, 3.05) is 0 Å². The van der Waals surface area contributed by atoms with E-state index in [-0.39, 0.29) is 17.4 Å². The first-order chi connectivity index (χ1) is 9.40. The average molecular weight is 275 g/mol. The van der Waals surface area contributed by atoms with E-state index >= 15 is 0 Å². The van der Waals surface area contributed by atoms with Crippen LogP contribution in [-0.4, -0.2) is 28.2 Å². The molecular formula is C13H17N5O2. The van der Waals surface area contributed by atoms with Gasteiger partial charge < -0.3 is 5.32 Å². The van der Waals surface area contributed by atoms with Gasteiger partial charge in [-0.3, -0.25) is 20.0 Å². The molecule has 4 N–H and O–H groups in total. The second-order valence-electron chi connectivity index (χ2n) is 5.09. The van der Waals surface area contributed by atoms with Crippen LogP contribution < -0.4 is 16.6 Å². The van der Waals surface area contributed by atoms with E-state index < -0.39 is 11.4 Å². The van der Waals surface area contributed by atoms with Crippen LogP contribution in [0.4, 0.5) is 0 Å². The average Bonchev–Trinajstić information content (AvgIpc) is 2.75. The number of hydrogen-bond donors (Lipinski definition) is 3. The number of nitrogens with one attached hydrogen (secondary N) is 2. The minimum atomic E-state index is -0.858. The van der Waals surface area contributed by atoms with Crippen LogP contribution in [0, 0.1) is 5.92 Å². The van der Waals surface area contributed by atoms with Crippen LogP contribution in [0.2, 0.25) is 0 Å². The van der Waals surface area contributed by atoms with Gasteiger partial charge in [0.1, 0.15) is 11.2 Å². The summed E-state index contributed by atoms with van der Waals surface area (Å²) in [4.78, 5) is 32.4. The maximum Gasteiger partial charge on any atom is 0.267 e. The predicted molar refractivity (Wildman–Crippen MR) is 73.8 cm³/mol. The summed E-state index contributed by atoms with van der Waals surface area (Å²) >= 11 is 0. The molecule has 0 spiro atoms. The summed E-state index contributed by atoms with van der Waals surface area (Å²) in [6, 6.07) is 3.19. The molecule has 1 aromatic rings. The third-order valence-corrected chi connectivity index (χ3v) is 3.57. The lowest BCUT2D eigenvalue weighted by Gasteiger charge is -2.21. The van der Waals surface area contributed by atoms with Gasteiger partial charge in [0.2, 0.25) is 0 Å². The molecule has 0 radical (unpaired) electrons. The molecule has 2 heterocycles. The molecule has 0 saturated carbocycles. The van der Waals surface area contributed by atoms with Crippen molar-refractivity contribution in [3.8, 4) is 0 Å². The highest BCUT2D eigenvalue weighted by atomic mass is 16.2. The number of aliphatic imine (C=N–C) groups is 1. The van der Waals surface area contributed by atoms with Gasteiger partial charge in [0.05, 0.1) is 5.56 Å². The van der Waals surface area contributed by atoms with E-state index in [9.17, 15) is 9.59 Å². The summed E-state index contributed by atoms with van der Waals surface area (Å²) in [5, 5.41) is 2.69. The van der Waals surface area contributed by atoms with Crippen molar-refractivity contribution < 1.29 is 9.59 Å². The zero-order valence-corrected chi connectivity index (χ0v) is 11.6. The molecule has 0 aliphatic carbocycles. The van der Waals surface area contributed by atoms with E-state index in [1.165, 1.54) is 6.20 Å². The van der Waals surface area contributed by atoms with Crippen LogP contribution in [0.1, 0.15) is 36.8 Å². The Bertz CT molecular complexity index is 596. The number of nitrogen functional groups attached to an aromatic ring is 1. The summed E-state index contributed by atoms with van der Waals surface area (Å²) in [5.41, 5.74) is 1.77. The van der Waals surface area contributed by atoms with Crippen LogP contribution in [0.5, 0.6) is 0 Å². The first-order valence-electron chi connectivity index (χ1n) is 6.27. The molecule has 2 amide bonds. The van der Waals surface area contributed by atoms with Crippen LogP contribution in [-0.2, 0) is 4.79 Å². The number of aromatic nitrogens is 1. The molecule has 7 nitrogen and oxygen atoms in total. The number of amidine groups is 1. The van der Waals surface area contributed by atoms with Crippen molar-refractivity contribution in [3.63, 3.8) is 0 Å². The van der Waals surface area contributed by atoms with Crippen LogP contribution in [0.3, 0.4) is 0 Å². The number of carbonyl (C=O) groups is 2. The Morgan fingerprint density at radius 3 is 2.75 bits per heavy atom. The summed E-state index contributed by atoms with van der Waals surface area (Å²) < 4.78 is 0. The lowest BCUT2D eigenvalue weighted by molar-refractivity contribution is -0.124. The highest BCUT2D eigenvalue weighted by Crippen LogP contribution is 2.27. The number of rotatable bonds is 3. The zero-order valence-electron chi connectivity index (χ0n) is 11.6. The zero-order chi connectivity index (χ0) is 14.9. The normalized spacial score (nSPS) is 21.6. The van der Waals surface area contributed by atoms with E-state index in [0.29, 0.717) is 11.5 Å². The quantitative estimate of drug-likeness (QED) is 0.409. The van der Waals surface area contributed by atoms with Gasteiger partial charge in [-0.25, -0.2) is 10.8 Å². The van der Waals surface area contributed by atoms with Crippen molar-refractivity contribution in [1.82, 2.24) is 15.7 Å². The fourth-order valence-corrected chi connectivity index (χ4v) is 1.90. The molecule has 0 saturated heterocycles. The molecule has 0 unspecified atom stereocenters. The molecule has 1 atom stereocenters. The van der Waals surface area contributed by atoms with Gasteiger partial charge in [0.25, 0.3) is 11.8 Å². The standard InChI is InChI=1S/C13H17N5O2/c1-7(2)13(3)12(20)16-10(17-13)9-8(11(19)18-14)5-4-6-15-9/h4-7H,14H2,1-3H3,(H,18,19)(H,16,17,20)/t13-/m1/s1. The monoisotopic (exact) mass is 275 g/mol. The van der Waals surface area contributed by atoms with Gasteiger partial charge in [0, 0.05) is 6.20 Å². The molecule has 106 valence electrons. The SMILES string of the molecule is CC(C)[C@@]1(C)N=C(c2ncccc2C(=O)NN)NC1=O. The van der Waals surface area contributed by atoms with Crippen LogP contribution >= 0.6 is 0 Å². The fraction of sp³-hybridized carbons (Fsp3) is 0.385. The minimum Gasteiger partial charge on any atom is -0.307 e. The molecule has 0 fully saturated rings. The molecule has 1 aliphatic rings. The van der Waals surface area contributed by atoms with E-state index in [1.807, 2.05) is 13.8 Å². The number of hydrogen-bond acceptors (Lipinski definition) is 5. The van der Waals surface area contributed by atoms with Gasteiger partial charge in [0.15, 0.2) is 5.84 Å². The number of nitrogens with zero attached hydrogens (tertiary/aromatic N) is 2. The molecular weight excluding hydrogens is 258 g/mol. The van der Waals surface area contributed by atoms with Gasteiger partial charge >= 0.3 is 0 Å². The van der Waals surface area contributed by atoms with Crippen molar-refractivity contribution in [3.05, 3.63) is 29.6 Å². The number of carbonyl (C=O) groups excluding carboxylic acids is 2. The Morgan fingerprint density at radius 1 is 1.50 bits per heavy atom. The second kappa shape index (κ2) is 5.01. The Kier molecular flexibility index (Phi) is 3.54. The van der Waals surface area contributed by atoms with E-state index in [4.69, 9.17) is 5.84 Å². The molecule has 0 bridgehead atoms. The van der Waals surface area contributed by atoms with Crippen molar-refractivity contribution >= 4 is 17.6 Å². The third kappa shape index (κ3) is 2.16. The largest absolute Gasteiger partial charge is 0.307 e. The molecule has 2 rings (SSSR count). The maximum absolute atomic E-state index is 12.1. The summed E-state index contributed by atoms with van der Waals surface area (Å²) in [6.07, 6.45) is 1.53. The van der Waals surface area contributed by atoms with Crippen molar-refractivity contribution in [1.29, 1.82) is 0 Å². The lowest BCUT2D eigenvalue weighted by atomic mass is 9.89. The molecule has 0 aromatic carbocycles. The first kappa shape index (κ1) is 14.1. The maximum atomic E-state index is 12.1. The summed E-state index contributed by atoms with van der Waals surface area (Å²) in [7, 11) is 0. The molecule has 1 aromatic heterocycles. The molecule has 7 heteroatoms.